The molecule has 1 N–H and O–H groups in total. The third-order valence-electron chi connectivity index (χ3n) is 4.19. The first kappa shape index (κ1) is 16.3. The van der Waals surface area contributed by atoms with Crippen LogP contribution in [0.2, 0.25) is 0 Å². The van der Waals surface area contributed by atoms with E-state index < -0.39 is 0 Å². The summed E-state index contributed by atoms with van der Waals surface area (Å²) < 4.78 is 5.11. The molecule has 1 fully saturated rings. The van der Waals surface area contributed by atoms with E-state index in [0.717, 1.165) is 45.6 Å². The predicted molar refractivity (Wildman–Crippen MR) is 85.4 cm³/mol. The van der Waals surface area contributed by atoms with Gasteiger partial charge in [-0.3, -0.25) is 0 Å². The van der Waals surface area contributed by atoms with Gasteiger partial charge in [-0.2, -0.15) is 10.5 Å². The Hall–Kier alpha value is -2.08. The van der Waals surface area contributed by atoms with Crippen LogP contribution in [0.3, 0.4) is 0 Å². The molecule has 1 aliphatic heterocycles. The second-order valence-electron chi connectivity index (χ2n) is 5.61. The summed E-state index contributed by atoms with van der Waals surface area (Å²) in [6, 6.07) is 9.54. The Morgan fingerprint density at radius 3 is 2.41 bits per heavy atom. The zero-order chi connectivity index (χ0) is 15.8. The molecule has 0 aliphatic carbocycles. The van der Waals surface area contributed by atoms with Gasteiger partial charge in [0.2, 0.25) is 0 Å². The quantitative estimate of drug-likeness (QED) is 0.871. The number of likely N-dealkylation sites (tertiary alicyclic amines) is 1. The van der Waals surface area contributed by atoms with E-state index >= 15 is 0 Å². The van der Waals surface area contributed by atoms with Gasteiger partial charge < -0.3 is 15.0 Å². The van der Waals surface area contributed by atoms with Crippen molar-refractivity contribution in [3.8, 4) is 12.1 Å². The van der Waals surface area contributed by atoms with Crippen molar-refractivity contribution < 1.29 is 4.74 Å². The maximum Gasteiger partial charge on any atom is 0.101 e. The van der Waals surface area contributed by atoms with E-state index in [2.05, 4.69) is 22.4 Å². The minimum atomic E-state index is 0.539. The fourth-order valence-corrected chi connectivity index (χ4v) is 2.81. The number of nitrogens with zero attached hydrogens (tertiary/aromatic N) is 3. The molecule has 116 valence electrons. The van der Waals surface area contributed by atoms with E-state index in [1.165, 1.54) is 0 Å². The van der Waals surface area contributed by atoms with Gasteiger partial charge in [-0.1, -0.05) is 6.07 Å². The molecule has 2 rings (SSSR count). The molecule has 1 heterocycles. The lowest BCUT2D eigenvalue weighted by Gasteiger charge is -2.32. The normalized spacial score (nSPS) is 16.0. The molecular formula is C17H22N4O. The zero-order valence-corrected chi connectivity index (χ0v) is 13.0. The molecular weight excluding hydrogens is 276 g/mol. The van der Waals surface area contributed by atoms with Crippen LogP contribution in [-0.2, 0) is 4.74 Å². The van der Waals surface area contributed by atoms with Crippen LogP contribution >= 0.6 is 0 Å². The van der Waals surface area contributed by atoms with Crippen LogP contribution in [0.1, 0.15) is 24.0 Å². The number of nitriles is 2. The minimum absolute atomic E-state index is 0.539. The lowest BCUT2D eigenvalue weighted by atomic mass is 9.96. The van der Waals surface area contributed by atoms with Gasteiger partial charge in [-0.05, 0) is 44.0 Å². The number of para-hydroxylation sites is 1. The van der Waals surface area contributed by atoms with E-state index in [4.69, 9.17) is 4.74 Å². The van der Waals surface area contributed by atoms with Crippen molar-refractivity contribution >= 4 is 5.69 Å². The van der Waals surface area contributed by atoms with E-state index in [1.807, 2.05) is 0 Å². The third kappa shape index (κ3) is 4.21. The van der Waals surface area contributed by atoms with Gasteiger partial charge in [0, 0.05) is 20.2 Å². The number of nitrogens with one attached hydrogen (secondary N) is 1. The average Bonchev–Trinajstić information content (AvgIpc) is 2.58. The first-order valence-electron chi connectivity index (χ1n) is 7.67. The molecule has 5 nitrogen and oxygen atoms in total. The van der Waals surface area contributed by atoms with Gasteiger partial charge in [-0.15, -0.1) is 0 Å². The molecule has 5 heteroatoms. The zero-order valence-electron chi connectivity index (χ0n) is 13.0. The Balaban J connectivity index is 1.88. The second kappa shape index (κ2) is 8.38. The monoisotopic (exact) mass is 298 g/mol. The van der Waals surface area contributed by atoms with Crippen molar-refractivity contribution in [2.75, 3.05) is 45.2 Å². The summed E-state index contributed by atoms with van der Waals surface area (Å²) in [5.41, 5.74) is 1.75. The highest BCUT2D eigenvalue weighted by molar-refractivity contribution is 5.66. The first-order valence-corrected chi connectivity index (χ1v) is 7.67. The number of hydrogen-bond donors (Lipinski definition) is 1. The Morgan fingerprint density at radius 2 is 1.86 bits per heavy atom. The number of benzene rings is 1. The van der Waals surface area contributed by atoms with Crippen LogP contribution in [0.15, 0.2) is 18.2 Å². The van der Waals surface area contributed by atoms with Crippen LogP contribution < -0.4 is 5.32 Å². The molecule has 0 saturated carbocycles. The standard InChI is InChI=1S/C17H22N4O/c1-22-10-9-21-7-5-14(6-8-21)13-20-17-15(11-18)3-2-4-16(17)12-19/h2-4,14,20H,5-10,13H2,1H3. The molecule has 1 aromatic carbocycles. The molecule has 0 atom stereocenters. The van der Waals surface area contributed by atoms with Gasteiger partial charge in [0.15, 0.2) is 0 Å². The highest BCUT2D eigenvalue weighted by Gasteiger charge is 2.19. The highest BCUT2D eigenvalue weighted by atomic mass is 16.5. The minimum Gasteiger partial charge on any atom is -0.383 e. The first-order chi connectivity index (χ1) is 10.8. The van der Waals surface area contributed by atoms with Gasteiger partial charge in [0.1, 0.15) is 12.1 Å². The number of methoxy groups -OCH3 is 1. The Labute approximate surface area is 132 Å². The SMILES string of the molecule is COCCN1CCC(CNc2c(C#N)cccc2C#N)CC1. The molecule has 0 unspecified atom stereocenters. The second-order valence-corrected chi connectivity index (χ2v) is 5.61. The van der Waals surface area contributed by atoms with Crippen molar-refractivity contribution in [2.24, 2.45) is 5.92 Å². The van der Waals surface area contributed by atoms with Gasteiger partial charge in [0.05, 0.1) is 23.4 Å². The summed E-state index contributed by atoms with van der Waals surface area (Å²) in [7, 11) is 1.73. The lowest BCUT2D eigenvalue weighted by Crippen LogP contribution is -2.37. The average molecular weight is 298 g/mol. The van der Waals surface area contributed by atoms with Crippen molar-refractivity contribution in [1.82, 2.24) is 4.90 Å². The molecule has 0 spiro atoms. The van der Waals surface area contributed by atoms with Crippen LogP contribution in [0.5, 0.6) is 0 Å². The van der Waals surface area contributed by atoms with E-state index in [0.29, 0.717) is 22.7 Å². The van der Waals surface area contributed by atoms with Crippen molar-refractivity contribution in [3.05, 3.63) is 29.3 Å². The van der Waals surface area contributed by atoms with Crippen LogP contribution in [0.25, 0.3) is 0 Å². The molecule has 0 aromatic heterocycles. The maximum absolute atomic E-state index is 9.17. The Kier molecular flexibility index (Phi) is 6.21. The summed E-state index contributed by atoms with van der Waals surface area (Å²) in [5.74, 6) is 0.581. The summed E-state index contributed by atoms with van der Waals surface area (Å²) in [6.45, 7) is 4.75. The van der Waals surface area contributed by atoms with Crippen LogP contribution in [0, 0.1) is 28.6 Å². The maximum atomic E-state index is 9.17. The number of hydrogen-bond acceptors (Lipinski definition) is 5. The summed E-state index contributed by atoms with van der Waals surface area (Å²) in [4.78, 5) is 2.42. The van der Waals surface area contributed by atoms with E-state index in [-0.39, 0.29) is 0 Å². The number of rotatable bonds is 6. The number of piperidine rings is 1. The molecule has 0 bridgehead atoms. The molecule has 22 heavy (non-hydrogen) atoms. The fourth-order valence-electron chi connectivity index (χ4n) is 2.81. The number of ether oxygens (including phenoxy) is 1. The fraction of sp³-hybridized carbons (Fsp3) is 0.529. The van der Waals surface area contributed by atoms with Crippen LogP contribution in [-0.4, -0.2) is 44.8 Å². The summed E-state index contributed by atoms with van der Waals surface area (Å²) in [5, 5.41) is 21.7. The predicted octanol–water partition coefficient (Wildman–Crippen LogP) is 2.20. The molecule has 1 aromatic rings. The van der Waals surface area contributed by atoms with Gasteiger partial charge in [0.25, 0.3) is 0 Å². The van der Waals surface area contributed by atoms with Crippen molar-refractivity contribution in [1.29, 1.82) is 10.5 Å². The van der Waals surface area contributed by atoms with E-state index in [9.17, 15) is 10.5 Å². The van der Waals surface area contributed by atoms with Gasteiger partial charge in [-0.25, -0.2) is 0 Å². The molecule has 0 radical (unpaired) electrons. The summed E-state index contributed by atoms with van der Waals surface area (Å²) in [6.07, 6.45) is 2.26. The number of anilines is 1. The summed E-state index contributed by atoms with van der Waals surface area (Å²) >= 11 is 0. The third-order valence-corrected chi connectivity index (χ3v) is 4.19. The topological polar surface area (TPSA) is 72.1 Å². The van der Waals surface area contributed by atoms with Crippen molar-refractivity contribution in [2.45, 2.75) is 12.8 Å². The molecule has 0 amide bonds. The lowest BCUT2D eigenvalue weighted by molar-refractivity contribution is 0.122. The van der Waals surface area contributed by atoms with Crippen LogP contribution in [0.4, 0.5) is 5.69 Å². The van der Waals surface area contributed by atoms with E-state index in [1.54, 1.807) is 25.3 Å². The molecule has 1 saturated heterocycles. The Morgan fingerprint density at radius 1 is 1.23 bits per heavy atom. The largest absolute Gasteiger partial charge is 0.383 e. The van der Waals surface area contributed by atoms with Crippen molar-refractivity contribution in [3.63, 3.8) is 0 Å². The Bertz CT molecular complexity index is 533. The van der Waals surface area contributed by atoms with Gasteiger partial charge >= 0.3 is 0 Å². The molecule has 1 aliphatic rings. The highest BCUT2D eigenvalue weighted by Crippen LogP contribution is 2.23. The smallest absolute Gasteiger partial charge is 0.101 e.